The quantitative estimate of drug-likeness (QED) is 0.324. The van der Waals surface area contributed by atoms with Crippen molar-refractivity contribution in [2.24, 2.45) is 10.8 Å². The van der Waals surface area contributed by atoms with E-state index >= 15 is 0 Å². The highest BCUT2D eigenvalue weighted by molar-refractivity contribution is 6.41. The van der Waals surface area contributed by atoms with Gasteiger partial charge in [0, 0.05) is 12.0 Å². The van der Waals surface area contributed by atoms with Crippen molar-refractivity contribution in [2.45, 2.75) is 40.0 Å². The lowest BCUT2D eigenvalue weighted by Crippen LogP contribution is -2.40. The summed E-state index contributed by atoms with van der Waals surface area (Å²) in [6.07, 6.45) is 0.203. The number of ether oxygens (including phenoxy) is 3. The van der Waals surface area contributed by atoms with E-state index in [9.17, 15) is 19.2 Å². The highest BCUT2D eigenvalue weighted by atomic mass is 16.5. The predicted octanol–water partition coefficient (Wildman–Crippen LogP) is 1.59. The molecule has 0 fully saturated rings. The van der Waals surface area contributed by atoms with Crippen LogP contribution in [0.5, 0.6) is 0 Å². The molecule has 0 spiro atoms. The van der Waals surface area contributed by atoms with E-state index in [1.807, 2.05) is 20.8 Å². The minimum Gasteiger partial charge on any atom is -0.468 e. The zero-order chi connectivity index (χ0) is 18.7. The van der Waals surface area contributed by atoms with E-state index in [0.29, 0.717) is 12.0 Å². The second-order valence-corrected chi connectivity index (χ2v) is 7.06. The van der Waals surface area contributed by atoms with E-state index in [-0.39, 0.29) is 23.8 Å². The lowest BCUT2D eigenvalue weighted by atomic mass is 9.81. The first kappa shape index (κ1) is 19.9. The second kappa shape index (κ2) is 7.15. The SMILES string of the molecule is COC(=O)C(=O)C1=C(CC(C)(C)C)CC(C(=O)OC)(C(=O)OC)C1. The molecule has 134 valence electrons. The highest BCUT2D eigenvalue weighted by Crippen LogP contribution is 2.47. The van der Waals surface area contributed by atoms with E-state index < -0.39 is 29.1 Å². The van der Waals surface area contributed by atoms with Crippen molar-refractivity contribution in [3.05, 3.63) is 11.1 Å². The normalized spacial score (nSPS) is 16.6. The third-order valence-corrected chi connectivity index (χ3v) is 3.96. The Kier molecular flexibility index (Phi) is 5.92. The molecular formula is C17H24O7. The molecule has 1 aliphatic carbocycles. The molecule has 1 aliphatic rings. The van der Waals surface area contributed by atoms with Crippen LogP contribution in [0.25, 0.3) is 0 Å². The smallest absolute Gasteiger partial charge is 0.379 e. The summed E-state index contributed by atoms with van der Waals surface area (Å²) in [4.78, 5) is 48.6. The molecule has 0 aromatic carbocycles. The Hall–Kier alpha value is -2.18. The summed E-state index contributed by atoms with van der Waals surface area (Å²) in [5.74, 6) is -3.43. The number of methoxy groups -OCH3 is 3. The topological polar surface area (TPSA) is 96.0 Å². The average Bonchev–Trinajstić information content (AvgIpc) is 2.90. The number of Topliss-reactive ketones (excluding diaryl/α,β-unsaturated/α-hetero) is 1. The summed E-state index contributed by atoms with van der Waals surface area (Å²) >= 11 is 0. The number of esters is 3. The van der Waals surface area contributed by atoms with Crippen molar-refractivity contribution >= 4 is 23.7 Å². The molecule has 24 heavy (non-hydrogen) atoms. The minimum atomic E-state index is -1.64. The Labute approximate surface area is 141 Å². The van der Waals surface area contributed by atoms with Gasteiger partial charge in [-0.15, -0.1) is 0 Å². The Balaban J connectivity index is 3.38. The number of carbonyl (C=O) groups excluding carboxylic acids is 4. The molecule has 0 radical (unpaired) electrons. The first-order chi connectivity index (χ1) is 11.0. The first-order valence-electron chi connectivity index (χ1n) is 7.52. The molecule has 0 saturated carbocycles. The van der Waals surface area contributed by atoms with Crippen LogP contribution < -0.4 is 0 Å². The van der Waals surface area contributed by atoms with Crippen molar-refractivity contribution in [1.82, 2.24) is 0 Å². The number of ketones is 1. The fraction of sp³-hybridized carbons (Fsp3) is 0.647. The Bertz CT molecular complexity index is 577. The molecular weight excluding hydrogens is 316 g/mol. The lowest BCUT2D eigenvalue weighted by molar-refractivity contribution is -0.168. The largest absolute Gasteiger partial charge is 0.468 e. The van der Waals surface area contributed by atoms with Crippen LogP contribution in [0.1, 0.15) is 40.0 Å². The van der Waals surface area contributed by atoms with Crippen molar-refractivity contribution in [3.63, 3.8) is 0 Å². The van der Waals surface area contributed by atoms with Crippen LogP contribution >= 0.6 is 0 Å². The summed E-state index contributed by atoms with van der Waals surface area (Å²) in [6, 6.07) is 0. The third-order valence-electron chi connectivity index (χ3n) is 3.96. The fourth-order valence-electron chi connectivity index (χ4n) is 2.99. The maximum Gasteiger partial charge on any atom is 0.379 e. The molecule has 0 heterocycles. The molecule has 0 bridgehead atoms. The molecule has 0 aliphatic heterocycles. The van der Waals surface area contributed by atoms with E-state index in [1.54, 1.807) is 0 Å². The van der Waals surface area contributed by atoms with Crippen molar-refractivity contribution in [3.8, 4) is 0 Å². The van der Waals surface area contributed by atoms with Crippen LogP contribution in [-0.4, -0.2) is 45.0 Å². The van der Waals surface area contributed by atoms with Gasteiger partial charge in [0.1, 0.15) is 0 Å². The van der Waals surface area contributed by atoms with Crippen LogP contribution in [0.3, 0.4) is 0 Å². The number of carbonyl (C=O) groups is 4. The maximum absolute atomic E-state index is 12.3. The first-order valence-corrected chi connectivity index (χ1v) is 7.52. The third kappa shape index (κ3) is 3.83. The number of hydrogen-bond donors (Lipinski definition) is 0. The van der Waals surface area contributed by atoms with Gasteiger partial charge in [-0.1, -0.05) is 26.3 Å². The Morgan fingerprint density at radius 1 is 0.917 bits per heavy atom. The van der Waals surface area contributed by atoms with Gasteiger partial charge < -0.3 is 14.2 Å². The van der Waals surface area contributed by atoms with Crippen LogP contribution in [0, 0.1) is 10.8 Å². The van der Waals surface area contributed by atoms with Gasteiger partial charge in [-0.05, 0) is 18.3 Å². The van der Waals surface area contributed by atoms with Gasteiger partial charge >= 0.3 is 17.9 Å². The minimum absolute atomic E-state index is 0.0122. The van der Waals surface area contributed by atoms with Gasteiger partial charge in [0.05, 0.1) is 21.3 Å². The zero-order valence-corrected chi connectivity index (χ0v) is 15.0. The van der Waals surface area contributed by atoms with Crippen LogP contribution in [0.2, 0.25) is 0 Å². The van der Waals surface area contributed by atoms with Crippen molar-refractivity contribution < 1.29 is 33.4 Å². The van der Waals surface area contributed by atoms with Gasteiger partial charge in [0.25, 0.3) is 5.78 Å². The lowest BCUT2D eigenvalue weighted by Gasteiger charge is -2.24. The molecule has 1 rings (SSSR count). The summed E-state index contributed by atoms with van der Waals surface area (Å²) in [6.45, 7) is 5.86. The average molecular weight is 340 g/mol. The van der Waals surface area contributed by atoms with E-state index in [0.717, 1.165) is 21.3 Å². The van der Waals surface area contributed by atoms with Gasteiger partial charge in [-0.2, -0.15) is 0 Å². The summed E-state index contributed by atoms with van der Waals surface area (Å²) in [5.41, 5.74) is -1.14. The van der Waals surface area contributed by atoms with E-state index in [4.69, 9.17) is 9.47 Å². The monoisotopic (exact) mass is 340 g/mol. The fourth-order valence-corrected chi connectivity index (χ4v) is 2.99. The molecule has 0 saturated heterocycles. The van der Waals surface area contributed by atoms with Gasteiger partial charge in [0.15, 0.2) is 5.41 Å². The predicted molar refractivity (Wildman–Crippen MR) is 83.8 cm³/mol. The van der Waals surface area contributed by atoms with Gasteiger partial charge in [-0.25, -0.2) is 4.79 Å². The molecule has 0 amide bonds. The summed E-state index contributed by atoms with van der Waals surface area (Å²) in [7, 11) is 3.43. The number of allylic oxidation sites excluding steroid dienone is 1. The molecule has 7 nitrogen and oxygen atoms in total. The van der Waals surface area contributed by atoms with Crippen molar-refractivity contribution in [2.75, 3.05) is 21.3 Å². The van der Waals surface area contributed by atoms with Crippen LogP contribution in [-0.2, 0) is 33.4 Å². The Morgan fingerprint density at radius 2 is 1.42 bits per heavy atom. The Morgan fingerprint density at radius 3 is 1.79 bits per heavy atom. The van der Waals surface area contributed by atoms with E-state index in [1.165, 1.54) is 0 Å². The molecule has 0 aromatic rings. The van der Waals surface area contributed by atoms with Crippen LogP contribution in [0.15, 0.2) is 11.1 Å². The summed E-state index contributed by atoms with van der Waals surface area (Å²) < 4.78 is 14.0. The van der Waals surface area contributed by atoms with E-state index in [2.05, 4.69) is 4.74 Å². The standard InChI is InChI=1S/C17H24O7/c1-16(2,3)7-10-8-17(14(20)23-5,15(21)24-6)9-11(10)12(18)13(19)22-4/h7-9H2,1-6H3. The van der Waals surface area contributed by atoms with Gasteiger partial charge in [0.2, 0.25) is 0 Å². The molecule has 0 unspecified atom stereocenters. The van der Waals surface area contributed by atoms with Crippen molar-refractivity contribution in [1.29, 1.82) is 0 Å². The molecule has 7 heteroatoms. The zero-order valence-electron chi connectivity index (χ0n) is 15.0. The van der Waals surface area contributed by atoms with Gasteiger partial charge in [-0.3, -0.25) is 14.4 Å². The molecule has 0 N–H and O–H groups in total. The number of hydrogen-bond acceptors (Lipinski definition) is 7. The second-order valence-electron chi connectivity index (χ2n) is 7.06. The highest BCUT2D eigenvalue weighted by Gasteiger charge is 2.55. The van der Waals surface area contributed by atoms with Crippen LogP contribution in [0.4, 0.5) is 0 Å². The molecule has 0 aromatic heterocycles. The maximum atomic E-state index is 12.3. The molecule has 0 atom stereocenters. The summed E-state index contributed by atoms with van der Waals surface area (Å²) in [5, 5.41) is 0. The number of rotatable bonds is 5.